The molecule has 7 heteroatoms. The Kier molecular flexibility index (Phi) is 2.95. The lowest BCUT2D eigenvalue weighted by Gasteiger charge is -2.04. The number of rotatable bonds is 1. The van der Waals surface area contributed by atoms with Gasteiger partial charge in [-0.05, 0) is 6.07 Å². The van der Waals surface area contributed by atoms with Gasteiger partial charge < -0.3 is 5.73 Å². The van der Waals surface area contributed by atoms with Crippen LogP contribution in [0.15, 0.2) is 18.5 Å². The summed E-state index contributed by atoms with van der Waals surface area (Å²) in [5.41, 5.74) is 8.19. The maximum atomic E-state index is 12.9. The van der Waals surface area contributed by atoms with E-state index in [1.807, 2.05) is 10.9 Å². The summed E-state index contributed by atoms with van der Waals surface area (Å²) in [6, 6.07) is 0.237. The van der Waals surface area contributed by atoms with Gasteiger partial charge in [-0.25, -0.2) is 14.6 Å². The van der Waals surface area contributed by atoms with Gasteiger partial charge in [0.05, 0.1) is 11.8 Å². The van der Waals surface area contributed by atoms with Gasteiger partial charge in [-0.2, -0.15) is 0 Å². The van der Waals surface area contributed by atoms with E-state index in [0.717, 1.165) is 6.20 Å². The van der Waals surface area contributed by atoms with Crippen molar-refractivity contribution in [2.75, 3.05) is 0 Å². The van der Waals surface area contributed by atoms with E-state index in [1.54, 1.807) is 0 Å². The summed E-state index contributed by atoms with van der Waals surface area (Å²) >= 11 is 0. The van der Waals surface area contributed by atoms with Crippen LogP contribution in [-0.2, 0) is 0 Å². The van der Waals surface area contributed by atoms with Gasteiger partial charge in [0, 0.05) is 6.20 Å². The maximum Gasteiger partial charge on any atom is 0.330 e. The number of amides is 3. The Balaban J connectivity index is 2.70. The van der Waals surface area contributed by atoms with Gasteiger partial charge in [-0.1, -0.05) is 0 Å². The van der Waals surface area contributed by atoms with Crippen LogP contribution in [0, 0.1) is 5.82 Å². The molecule has 1 rings (SSSR count). The number of nitrogens with one attached hydrogen (secondary N) is 2. The van der Waals surface area contributed by atoms with E-state index >= 15 is 0 Å². The van der Waals surface area contributed by atoms with Crippen molar-refractivity contribution in [3.63, 3.8) is 0 Å². The van der Waals surface area contributed by atoms with E-state index in [2.05, 4.69) is 10.7 Å². The summed E-state index contributed by atoms with van der Waals surface area (Å²) in [4.78, 5) is 24.8. The predicted octanol–water partition coefficient (Wildman–Crippen LogP) is -0.466. The molecule has 1 heterocycles. The summed E-state index contributed by atoms with van der Waals surface area (Å²) in [7, 11) is 0. The molecule has 0 saturated carbocycles. The number of carbonyl (C=O) groups excluding carboxylic acids is 2. The van der Waals surface area contributed by atoms with Gasteiger partial charge in [0.2, 0.25) is 0 Å². The van der Waals surface area contributed by atoms with Gasteiger partial charge in [0.15, 0.2) is 5.82 Å². The molecule has 0 aliphatic heterocycles. The van der Waals surface area contributed by atoms with Crippen molar-refractivity contribution in [3.05, 3.63) is 29.8 Å². The van der Waals surface area contributed by atoms with Crippen LogP contribution in [0.4, 0.5) is 9.18 Å². The second-order valence-electron chi connectivity index (χ2n) is 2.30. The van der Waals surface area contributed by atoms with E-state index in [0.29, 0.717) is 0 Å². The number of aromatic nitrogens is 1. The van der Waals surface area contributed by atoms with Crippen LogP contribution < -0.4 is 16.6 Å². The van der Waals surface area contributed by atoms with Crippen molar-refractivity contribution in [1.29, 1.82) is 0 Å². The van der Waals surface area contributed by atoms with Crippen molar-refractivity contribution in [2.24, 2.45) is 5.73 Å². The highest BCUT2D eigenvalue weighted by Gasteiger charge is 2.10. The SMILES string of the molecule is NC(=O)NNC(=O)c1ccncc1F. The lowest BCUT2D eigenvalue weighted by molar-refractivity contribution is 0.0933. The molecule has 0 fully saturated rings. The third-order valence-electron chi connectivity index (χ3n) is 1.32. The minimum Gasteiger partial charge on any atom is -0.350 e. The lowest BCUT2D eigenvalue weighted by Crippen LogP contribution is -2.44. The van der Waals surface area contributed by atoms with Crippen molar-refractivity contribution in [3.8, 4) is 0 Å². The fourth-order valence-electron chi connectivity index (χ4n) is 0.745. The minimum atomic E-state index is -0.937. The highest BCUT2D eigenvalue weighted by molar-refractivity contribution is 5.95. The first-order chi connectivity index (χ1) is 6.61. The molecule has 0 saturated heterocycles. The summed E-state index contributed by atoms with van der Waals surface area (Å²) in [6.07, 6.45) is 2.14. The van der Waals surface area contributed by atoms with E-state index in [9.17, 15) is 14.0 Å². The Morgan fingerprint density at radius 3 is 2.71 bits per heavy atom. The molecule has 1 aromatic heterocycles. The fraction of sp³-hybridized carbons (Fsp3) is 0. The summed E-state index contributed by atoms with van der Waals surface area (Å²) in [6.45, 7) is 0. The Bertz CT molecular complexity index is 368. The number of hydrazine groups is 1. The van der Waals surface area contributed by atoms with Crippen LogP contribution >= 0.6 is 0 Å². The number of pyridine rings is 1. The van der Waals surface area contributed by atoms with Gasteiger partial charge >= 0.3 is 6.03 Å². The second kappa shape index (κ2) is 4.17. The van der Waals surface area contributed by atoms with Crippen LogP contribution in [0.2, 0.25) is 0 Å². The smallest absolute Gasteiger partial charge is 0.330 e. The molecule has 0 radical (unpaired) electrons. The van der Waals surface area contributed by atoms with Crippen LogP contribution in [0.3, 0.4) is 0 Å². The number of hydrogen-bond acceptors (Lipinski definition) is 3. The molecular weight excluding hydrogens is 191 g/mol. The third-order valence-corrected chi connectivity index (χ3v) is 1.32. The van der Waals surface area contributed by atoms with Crippen molar-refractivity contribution in [1.82, 2.24) is 15.8 Å². The normalized spacial score (nSPS) is 9.21. The fourth-order valence-corrected chi connectivity index (χ4v) is 0.745. The number of primary amides is 1. The molecule has 0 unspecified atom stereocenters. The van der Waals surface area contributed by atoms with Crippen molar-refractivity contribution in [2.45, 2.75) is 0 Å². The first-order valence-corrected chi connectivity index (χ1v) is 3.56. The average Bonchev–Trinajstić information content (AvgIpc) is 2.15. The first kappa shape index (κ1) is 9.90. The molecule has 0 atom stereocenters. The number of hydrogen-bond donors (Lipinski definition) is 3. The Morgan fingerprint density at radius 2 is 2.14 bits per heavy atom. The molecule has 0 aliphatic rings. The van der Waals surface area contributed by atoms with Crippen LogP contribution in [0.1, 0.15) is 10.4 Å². The number of halogens is 1. The lowest BCUT2D eigenvalue weighted by atomic mass is 10.2. The van der Waals surface area contributed by atoms with Crippen LogP contribution in [-0.4, -0.2) is 16.9 Å². The quantitative estimate of drug-likeness (QED) is 0.532. The number of nitrogens with two attached hydrogens (primary N) is 1. The number of nitrogens with zero attached hydrogens (tertiary/aromatic N) is 1. The van der Waals surface area contributed by atoms with Crippen molar-refractivity contribution < 1.29 is 14.0 Å². The van der Waals surface area contributed by atoms with E-state index in [1.165, 1.54) is 12.3 Å². The molecule has 74 valence electrons. The molecule has 3 amide bonds. The standard InChI is InChI=1S/C7H7FN4O2/c8-5-3-10-2-1-4(5)6(13)11-12-7(9)14/h1-3H,(H,11,13)(H3,9,12,14). The number of urea groups is 1. The zero-order valence-corrected chi connectivity index (χ0v) is 6.95. The monoisotopic (exact) mass is 198 g/mol. The summed E-state index contributed by atoms with van der Waals surface area (Å²) < 4.78 is 12.9. The van der Waals surface area contributed by atoms with Gasteiger partial charge in [0.1, 0.15) is 0 Å². The van der Waals surface area contributed by atoms with Crippen molar-refractivity contribution >= 4 is 11.9 Å². The van der Waals surface area contributed by atoms with Gasteiger partial charge in [-0.3, -0.25) is 15.2 Å². The Labute approximate surface area is 78.3 Å². The molecule has 14 heavy (non-hydrogen) atoms. The summed E-state index contributed by atoms with van der Waals surface area (Å²) in [5, 5.41) is 0. The first-order valence-electron chi connectivity index (χ1n) is 3.56. The zero-order chi connectivity index (χ0) is 10.6. The molecule has 1 aromatic rings. The maximum absolute atomic E-state index is 12.9. The molecular formula is C7H7FN4O2. The second-order valence-corrected chi connectivity index (χ2v) is 2.30. The zero-order valence-electron chi connectivity index (χ0n) is 6.95. The predicted molar refractivity (Wildman–Crippen MR) is 44.4 cm³/mol. The molecule has 6 nitrogen and oxygen atoms in total. The highest BCUT2D eigenvalue weighted by atomic mass is 19.1. The van der Waals surface area contributed by atoms with Gasteiger partial charge in [-0.15, -0.1) is 0 Å². The van der Waals surface area contributed by atoms with E-state index < -0.39 is 17.8 Å². The molecule has 0 bridgehead atoms. The van der Waals surface area contributed by atoms with E-state index in [-0.39, 0.29) is 5.56 Å². The average molecular weight is 198 g/mol. The molecule has 0 spiro atoms. The van der Waals surface area contributed by atoms with Crippen LogP contribution in [0.5, 0.6) is 0 Å². The molecule has 0 aliphatic carbocycles. The summed E-state index contributed by atoms with van der Waals surface area (Å²) in [5.74, 6) is -1.58. The third kappa shape index (κ3) is 2.41. The molecule has 0 aromatic carbocycles. The number of carbonyl (C=O) groups is 2. The largest absolute Gasteiger partial charge is 0.350 e. The highest BCUT2D eigenvalue weighted by Crippen LogP contribution is 2.02. The Morgan fingerprint density at radius 1 is 1.43 bits per heavy atom. The Hall–Kier alpha value is -2.18. The molecule has 4 N–H and O–H groups in total. The van der Waals surface area contributed by atoms with Crippen LogP contribution in [0.25, 0.3) is 0 Å². The topological polar surface area (TPSA) is 97.1 Å². The van der Waals surface area contributed by atoms with Gasteiger partial charge in [0.25, 0.3) is 5.91 Å². The van der Waals surface area contributed by atoms with E-state index in [4.69, 9.17) is 0 Å². The minimum absolute atomic E-state index is 0.228.